The van der Waals surface area contributed by atoms with Crippen LogP contribution in [0.2, 0.25) is 0 Å². The summed E-state index contributed by atoms with van der Waals surface area (Å²) >= 11 is 0. The minimum absolute atomic E-state index is 0.0964. The van der Waals surface area contributed by atoms with E-state index in [1.807, 2.05) is 45.0 Å². The van der Waals surface area contributed by atoms with Gasteiger partial charge in [0.05, 0.1) is 12.2 Å². The Hall–Kier alpha value is -2.34. The molecule has 0 saturated carbocycles. The van der Waals surface area contributed by atoms with Gasteiger partial charge >= 0.3 is 0 Å². The normalized spacial score (nSPS) is 18.1. The highest BCUT2D eigenvalue weighted by Gasteiger charge is 2.38. The minimum Gasteiger partial charge on any atom is -0.383 e. The number of rotatable bonds is 2. The highest BCUT2D eigenvalue weighted by atomic mass is 16.5. The number of nitrogens with two attached hydrogens (primary N) is 1. The fourth-order valence-electron chi connectivity index (χ4n) is 4.11. The first-order valence-electron chi connectivity index (χ1n) is 10.3. The second-order valence-corrected chi connectivity index (χ2v) is 7.69. The van der Waals surface area contributed by atoms with E-state index in [1.165, 1.54) is 0 Å². The monoisotopic (exact) mass is 384 g/mol. The molecule has 28 heavy (non-hydrogen) atoms. The molecule has 3 heterocycles. The van der Waals surface area contributed by atoms with Crippen molar-refractivity contribution >= 4 is 11.8 Å². The Morgan fingerprint density at radius 1 is 1.11 bits per heavy atom. The van der Waals surface area contributed by atoms with Crippen molar-refractivity contribution in [3.63, 3.8) is 0 Å². The Bertz CT molecular complexity index is 857. The molecule has 6 nitrogen and oxygen atoms in total. The van der Waals surface area contributed by atoms with Crippen molar-refractivity contribution in [2.75, 3.05) is 36.9 Å². The first-order valence-corrected chi connectivity index (χ1v) is 10.3. The van der Waals surface area contributed by atoms with E-state index >= 15 is 0 Å². The van der Waals surface area contributed by atoms with Gasteiger partial charge in [0.2, 0.25) is 5.95 Å². The largest absolute Gasteiger partial charge is 0.383 e. The summed E-state index contributed by atoms with van der Waals surface area (Å²) < 4.78 is 7.24. The molecule has 1 aromatic heterocycles. The van der Waals surface area contributed by atoms with E-state index in [-0.39, 0.29) is 5.56 Å². The Kier molecular flexibility index (Phi) is 6.08. The molecule has 0 aliphatic carbocycles. The lowest BCUT2D eigenvalue weighted by atomic mass is 9.78. The van der Waals surface area contributed by atoms with Gasteiger partial charge < -0.3 is 15.4 Å². The quantitative estimate of drug-likeness (QED) is 0.859. The van der Waals surface area contributed by atoms with Crippen LogP contribution in [0.4, 0.5) is 11.8 Å². The SMILES string of the molecule is CC.Cc1ccc(-c2c(N)nc(N3CCC4(CCOC4)CC3)n(C)c2=O)cc1. The zero-order valence-corrected chi connectivity index (χ0v) is 17.5. The van der Waals surface area contributed by atoms with E-state index in [1.54, 1.807) is 11.6 Å². The Labute approximate surface area is 167 Å². The van der Waals surface area contributed by atoms with Crippen molar-refractivity contribution in [1.82, 2.24) is 9.55 Å². The average molecular weight is 385 g/mol. The third-order valence-electron chi connectivity index (χ3n) is 5.93. The Morgan fingerprint density at radius 2 is 1.75 bits per heavy atom. The van der Waals surface area contributed by atoms with Gasteiger partial charge in [-0.25, -0.2) is 0 Å². The first kappa shape index (κ1) is 20.4. The molecule has 1 spiro atoms. The third-order valence-corrected chi connectivity index (χ3v) is 5.93. The van der Waals surface area contributed by atoms with Crippen LogP contribution < -0.4 is 16.2 Å². The lowest BCUT2D eigenvalue weighted by molar-refractivity contribution is 0.133. The summed E-state index contributed by atoms with van der Waals surface area (Å²) in [5, 5.41) is 0. The van der Waals surface area contributed by atoms with E-state index in [4.69, 9.17) is 10.5 Å². The highest BCUT2D eigenvalue weighted by Crippen LogP contribution is 2.39. The van der Waals surface area contributed by atoms with E-state index in [9.17, 15) is 4.79 Å². The highest BCUT2D eigenvalue weighted by molar-refractivity contribution is 5.74. The smallest absolute Gasteiger partial charge is 0.264 e. The molecule has 4 rings (SSSR count). The molecule has 6 heteroatoms. The molecule has 2 aromatic rings. The number of piperidine rings is 1. The number of anilines is 2. The number of nitrogen functional groups attached to an aromatic ring is 1. The molecule has 1 aromatic carbocycles. The molecule has 0 atom stereocenters. The summed E-state index contributed by atoms with van der Waals surface area (Å²) in [4.78, 5) is 19.8. The van der Waals surface area contributed by atoms with Gasteiger partial charge in [-0.1, -0.05) is 43.7 Å². The maximum atomic E-state index is 13.0. The number of hydrogen-bond donors (Lipinski definition) is 1. The van der Waals surface area contributed by atoms with Crippen LogP contribution in [0.1, 0.15) is 38.7 Å². The number of ether oxygens (including phenoxy) is 1. The molecule has 152 valence electrons. The first-order chi connectivity index (χ1) is 13.5. The lowest BCUT2D eigenvalue weighted by Gasteiger charge is -2.39. The van der Waals surface area contributed by atoms with Crippen molar-refractivity contribution < 1.29 is 4.74 Å². The van der Waals surface area contributed by atoms with Crippen LogP contribution in [0.15, 0.2) is 29.1 Å². The van der Waals surface area contributed by atoms with Crippen molar-refractivity contribution in [1.29, 1.82) is 0 Å². The fourth-order valence-corrected chi connectivity index (χ4v) is 4.11. The summed E-state index contributed by atoms with van der Waals surface area (Å²) in [6.45, 7) is 9.52. The van der Waals surface area contributed by atoms with Crippen LogP contribution in [0.25, 0.3) is 11.1 Å². The van der Waals surface area contributed by atoms with Crippen molar-refractivity contribution in [3.8, 4) is 11.1 Å². The molecule has 2 aliphatic rings. The number of hydrogen-bond acceptors (Lipinski definition) is 5. The third kappa shape index (κ3) is 3.78. The van der Waals surface area contributed by atoms with E-state index in [2.05, 4.69) is 9.88 Å². The van der Waals surface area contributed by atoms with E-state index in [0.29, 0.717) is 22.7 Å². The zero-order chi connectivity index (χ0) is 20.3. The molecule has 0 radical (unpaired) electrons. The second kappa shape index (κ2) is 8.35. The van der Waals surface area contributed by atoms with Crippen LogP contribution in [0, 0.1) is 12.3 Å². The van der Waals surface area contributed by atoms with Crippen LogP contribution in [0.5, 0.6) is 0 Å². The van der Waals surface area contributed by atoms with E-state index in [0.717, 1.165) is 56.7 Å². The van der Waals surface area contributed by atoms with Gasteiger partial charge in [0.25, 0.3) is 5.56 Å². The number of aryl methyl sites for hydroxylation is 1. The molecular formula is C22H32N4O2. The molecule has 0 bridgehead atoms. The number of aromatic nitrogens is 2. The van der Waals surface area contributed by atoms with Gasteiger partial charge in [-0.05, 0) is 37.2 Å². The van der Waals surface area contributed by atoms with Crippen LogP contribution in [-0.4, -0.2) is 35.9 Å². The van der Waals surface area contributed by atoms with Gasteiger partial charge in [-0.3, -0.25) is 9.36 Å². The molecule has 2 saturated heterocycles. The summed E-state index contributed by atoms with van der Waals surface area (Å²) in [6.07, 6.45) is 3.28. The Morgan fingerprint density at radius 3 is 2.32 bits per heavy atom. The molecule has 2 N–H and O–H groups in total. The molecule has 2 fully saturated rings. The summed E-state index contributed by atoms with van der Waals surface area (Å²) in [7, 11) is 1.78. The molecule has 2 aliphatic heterocycles. The van der Waals surface area contributed by atoms with Crippen LogP contribution in [0.3, 0.4) is 0 Å². The Balaban J connectivity index is 0.00000109. The van der Waals surface area contributed by atoms with Gasteiger partial charge in [-0.2, -0.15) is 4.98 Å². The number of benzene rings is 1. The average Bonchev–Trinajstić information content (AvgIpc) is 3.17. The maximum Gasteiger partial charge on any atom is 0.264 e. The van der Waals surface area contributed by atoms with Gasteiger partial charge in [0, 0.05) is 26.7 Å². The van der Waals surface area contributed by atoms with Gasteiger partial charge in [0.1, 0.15) is 5.82 Å². The van der Waals surface area contributed by atoms with Crippen molar-refractivity contribution in [2.45, 2.75) is 40.0 Å². The lowest BCUT2D eigenvalue weighted by Crippen LogP contribution is -2.43. The fraction of sp³-hybridized carbons (Fsp3) is 0.545. The topological polar surface area (TPSA) is 73.4 Å². The maximum absolute atomic E-state index is 13.0. The standard InChI is InChI=1S/C20H26N4O2.C2H6/c1-14-3-5-15(6-4-14)16-17(21)22-19(23(2)18(16)25)24-10-7-20(8-11-24)9-12-26-13-20;1-2/h3-6H,7-13,21H2,1-2H3;1-2H3. The molecule has 0 unspecified atom stereocenters. The second-order valence-electron chi connectivity index (χ2n) is 7.69. The minimum atomic E-state index is -0.0964. The van der Waals surface area contributed by atoms with Gasteiger partial charge in [-0.15, -0.1) is 0 Å². The van der Waals surface area contributed by atoms with Crippen molar-refractivity contribution in [3.05, 3.63) is 40.2 Å². The summed E-state index contributed by atoms with van der Waals surface area (Å²) in [6, 6.07) is 7.81. The molecule has 0 amide bonds. The predicted octanol–water partition coefficient (Wildman–Crippen LogP) is 3.37. The van der Waals surface area contributed by atoms with E-state index < -0.39 is 0 Å². The van der Waals surface area contributed by atoms with Crippen LogP contribution >= 0.6 is 0 Å². The molecular weight excluding hydrogens is 352 g/mol. The predicted molar refractivity (Wildman–Crippen MR) is 115 cm³/mol. The van der Waals surface area contributed by atoms with Crippen LogP contribution in [-0.2, 0) is 11.8 Å². The summed E-state index contributed by atoms with van der Waals surface area (Å²) in [5.41, 5.74) is 8.88. The summed E-state index contributed by atoms with van der Waals surface area (Å²) in [5.74, 6) is 0.966. The van der Waals surface area contributed by atoms with Crippen molar-refractivity contribution in [2.24, 2.45) is 12.5 Å². The van der Waals surface area contributed by atoms with Gasteiger partial charge in [0.15, 0.2) is 0 Å². The zero-order valence-electron chi connectivity index (χ0n) is 17.5. The number of nitrogens with zero attached hydrogens (tertiary/aromatic N) is 3.